The van der Waals surface area contributed by atoms with E-state index in [0.717, 1.165) is 0 Å². The predicted octanol–water partition coefficient (Wildman–Crippen LogP) is 1.97. The second kappa shape index (κ2) is 5.90. The van der Waals surface area contributed by atoms with Crippen LogP contribution in [0.15, 0.2) is 18.2 Å². The topological polar surface area (TPSA) is 98.7 Å². The van der Waals surface area contributed by atoms with Crippen molar-refractivity contribution in [1.82, 2.24) is 10.2 Å². The molecule has 4 amide bonds. The average Bonchev–Trinajstić information content (AvgIpc) is 2.69. The van der Waals surface area contributed by atoms with E-state index in [1.165, 1.54) is 17.0 Å². The summed E-state index contributed by atoms with van der Waals surface area (Å²) in [5.41, 5.74) is -0.388. The van der Waals surface area contributed by atoms with Crippen LogP contribution in [0.2, 0.25) is 0 Å². The molecule has 0 bridgehead atoms. The highest BCUT2D eigenvalue weighted by atomic mass is 16.3. The van der Waals surface area contributed by atoms with E-state index in [4.69, 9.17) is 0 Å². The van der Waals surface area contributed by atoms with E-state index in [1.54, 1.807) is 40.7 Å². The number of benzene rings is 1. The number of hydrogen-bond acceptors (Lipinski definition) is 4. The Morgan fingerprint density at radius 1 is 1.08 bits per heavy atom. The quantitative estimate of drug-likeness (QED) is 0.737. The molecule has 0 saturated heterocycles. The zero-order valence-corrected chi connectivity index (χ0v) is 14.6. The summed E-state index contributed by atoms with van der Waals surface area (Å²) in [7, 11) is 0. The van der Waals surface area contributed by atoms with Crippen molar-refractivity contribution < 1.29 is 19.5 Å². The molecule has 7 nitrogen and oxygen atoms in total. The Morgan fingerprint density at radius 3 is 2.21 bits per heavy atom. The largest absolute Gasteiger partial charge is 0.394 e. The Bertz CT molecular complexity index is 704. The standard InChI is InChI=1S/C17H23N3O4/c1-16(2,3)20-13(22)11-7-6-10(8-12(11)14(20)23)18-15(24)19-17(4,5)9-21/h6-8,21H,9H2,1-5H3,(H2,18,19,24). The van der Waals surface area contributed by atoms with Gasteiger partial charge in [0.1, 0.15) is 0 Å². The van der Waals surface area contributed by atoms with Crippen LogP contribution in [-0.2, 0) is 0 Å². The molecule has 1 aliphatic rings. The van der Waals surface area contributed by atoms with E-state index in [0.29, 0.717) is 11.3 Å². The minimum Gasteiger partial charge on any atom is -0.394 e. The fourth-order valence-electron chi connectivity index (χ4n) is 2.44. The molecule has 0 spiro atoms. The summed E-state index contributed by atoms with van der Waals surface area (Å²) in [5, 5.41) is 14.4. The second-order valence-electron chi connectivity index (χ2n) is 7.50. The number of imide groups is 1. The number of carbonyl (C=O) groups excluding carboxylic acids is 3. The molecule has 2 rings (SSSR count). The zero-order chi connectivity index (χ0) is 18.3. The van der Waals surface area contributed by atoms with Gasteiger partial charge in [0.25, 0.3) is 11.8 Å². The van der Waals surface area contributed by atoms with Crippen LogP contribution in [0.25, 0.3) is 0 Å². The van der Waals surface area contributed by atoms with Crippen LogP contribution >= 0.6 is 0 Å². The third-order valence-electron chi connectivity index (χ3n) is 3.66. The number of anilines is 1. The van der Waals surface area contributed by atoms with Gasteiger partial charge in [-0.15, -0.1) is 0 Å². The van der Waals surface area contributed by atoms with Crippen molar-refractivity contribution >= 4 is 23.5 Å². The van der Waals surface area contributed by atoms with Gasteiger partial charge in [-0.1, -0.05) is 0 Å². The lowest BCUT2D eigenvalue weighted by molar-refractivity contribution is 0.0507. The third-order valence-corrected chi connectivity index (χ3v) is 3.66. The van der Waals surface area contributed by atoms with Crippen LogP contribution in [-0.4, -0.2) is 45.5 Å². The summed E-state index contributed by atoms with van der Waals surface area (Å²) in [6.45, 7) is 8.52. The molecule has 1 aromatic carbocycles. The lowest BCUT2D eigenvalue weighted by Gasteiger charge is -2.29. The van der Waals surface area contributed by atoms with Gasteiger partial charge in [0.05, 0.1) is 23.3 Å². The maximum absolute atomic E-state index is 12.5. The molecular weight excluding hydrogens is 310 g/mol. The summed E-state index contributed by atoms with van der Waals surface area (Å²) in [6, 6.07) is 4.10. The highest BCUT2D eigenvalue weighted by Gasteiger charge is 2.41. The van der Waals surface area contributed by atoms with Crippen LogP contribution in [0, 0.1) is 0 Å². The van der Waals surface area contributed by atoms with Crippen molar-refractivity contribution in [3.05, 3.63) is 29.3 Å². The number of nitrogens with one attached hydrogen (secondary N) is 2. The number of aliphatic hydroxyl groups is 1. The van der Waals surface area contributed by atoms with E-state index < -0.39 is 17.1 Å². The molecule has 1 heterocycles. The van der Waals surface area contributed by atoms with Crippen molar-refractivity contribution in [2.75, 3.05) is 11.9 Å². The fraction of sp³-hybridized carbons (Fsp3) is 0.471. The first-order valence-corrected chi connectivity index (χ1v) is 7.69. The summed E-state index contributed by atoms with van der Waals surface area (Å²) < 4.78 is 0. The van der Waals surface area contributed by atoms with Gasteiger partial charge in [-0.25, -0.2) is 4.79 Å². The Morgan fingerprint density at radius 2 is 1.67 bits per heavy atom. The maximum Gasteiger partial charge on any atom is 0.319 e. The maximum atomic E-state index is 12.5. The molecule has 24 heavy (non-hydrogen) atoms. The summed E-state index contributed by atoms with van der Waals surface area (Å²) in [4.78, 5) is 38.1. The smallest absolute Gasteiger partial charge is 0.319 e. The number of nitrogens with zero attached hydrogens (tertiary/aromatic N) is 1. The number of rotatable bonds is 3. The minimum atomic E-state index is -0.768. The van der Waals surface area contributed by atoms with Crippen molar-refractivity contribution in [3.8, 4) is 0 Å². The first kappa shape index (κ1) is 17.9. The molecule has 1 aromatic rings. The SMILES string of the molecule is CC(C)(CO)NC(=O)Nc1ccc2c(c1)C(=O)N(C(C)(C)C)C2=O. The molecule has 0 fully saturated rings. The van der Waals surface area contributed by atoms with Crippen LogP contribution in [0.3, 0.4) is 0 Å². The Hall–Kier alpha value is -2.41. The van der Waals surface area contributed by atoms with Gasteiger partial charge in [-0.2, -0.15) is 0 Å². The molecule has 130 valence electrons. The number of hydrogen-bond donors (Lipinski definition) is 3. The van der Waals surface area contributed by atoms with Gasteiger partial charge >= 0.3 is 6.03 Å². The van der Waals surface area contributed by atoms with Gasteiger partial charge < -0.3 is 15.7 Å². The number of fused-ring (bicyclic) bond motifs is 1. The van der Waals surface area contributed by atoms with Crippen LogP contribution < -0.4 is 10.6 Å². The molecule has 7 heteroatoms. The molecule has 1 aliphatic heterocycles. The Labute approximate surface area is 141 Å². The van der Waals surface area contributed by atoms with Crippen molar-refractivity contribution in [3.63, 3.8) is 0 Å². The molecule has 0 radical (unpaired) electrons. The van der Waals surface area contributed by atoms with Crippen LogP contribution in [0.5, 0.6) is 0 Å². The van der Waals surface area contributed by atoms with Gasteiger partial charge in [0.2, 0.25) is 0 Å². The fourth-order valence-corrected chi connectivity index (χ4v) is 2.44. The van der Waals surface area contributed by atoms with Crippen molar-refractivity contribution in [2.45, 2.75) is 45.7 Å². The predicted molar refractivity (Wildman–Crippen MR) is 90.0 cm³/mol. The van der Waals surface area contributed by atoms with E-state index in [-0.39, 0.29) is 24.0 Å². The normalized spacial score (nSPS) is 14.7. The minimum absolute atomic E-state index is 0.210. The highest BCUT2D eigenvalue weighted by Crippen LogP contribution is 2.30. The number of amides is 4. The Kier molecular flexibility index (Phi) is 4.41. The van der Waals surface area contributed by atoms with Gasteiger partial charge in [-0.3, -0.25) is 14.5 Å². The summed E-state index contributed by atoms with van der Waals surface area (Å²) in [5.74, 6) is -0.706. The van der Waals surface area contributed by atoms with Crippen LogP contribution in [0.1, 0.15) is 55.3 Å². The molecular formula is C17H23N3O4. The third kappa shape index (κ3) is 3.41. The highest BCUT2D eigenvalue weighted by molar-refractivity contribution is 6.22. The van der Waals surface area contributed by atoms with Gasteiger partial charge in [0.15, 0.2) is 0 Å². The number of carbonyl (C=O) groups is 3. The first-order chi connectivity index (χ1) is 11.0. The second-order valence-corrected chi connectivity index (χ2v) is 7.50. The average molecular weight is 333 g/mol. The summed E-state index contributed by atoms with van der Waals surface area (Å²) >= 11 is 0. The molecule has 0 atom stereocenters. The van der Waals surface area contributed by atoms with Crippen molar-refractivity contribution in [2.24, 2.45) is 0 Å². The van der Waals surface area contributed by atoms with E-state index in [1.807, 2.05) is 0 Å². The van der Waals surface area contributed by atoms with Gasteiger partial charge in [0, 0.05) is 11.2 Å². The molecule has 0 saturated carbocycles. The van der Waals surface area contributed by atoms with Crippen molar-refractivity contribution in [1.29, 1.82) is 0 Å². The number of urea groups is 1. The van der Waals surface area contributed by atoms with Crippen LogP contribution in [0.4, 0.5) is 10.5 Å². The monoisotopic (exact) mass is 333 g/mol. The molecule has 0 aliphatic carbocycles. The molecule has 0 aromatic heterocycles. The molecule has 3 N–H and O–H groups in total. The Balaban J connectivity index is 2.23. The zero-order valence-electron chi connectivity index (χ0n) is 14.6. The molecule has 0 unspecified atom stereocenters. The van der Waals surface area contributed by atoms with E-state index >= 15 is 0 Å². The van der Waals surface area contributed by atoms with E-state index in [9.17, 15) is 19.5 Å². The first-order valence-electron chi connectivity index (χ1n) is 7.69. The number of aliphatic hydroxyl groups excluding tert-OH is 1. The lowest BCUT2D eigenvalue weighted by atomic mass is 10.1. The lowest BCUT2D eigenvalue weighted by Crippen LogP contribution is -2.48. The van der Waals surface area contributed by atoms with E-state index in [2.05, 4.69) is 10.6 Å². The van der Waals surface area contributed by atoms with Gasteiger partial charge in [-0.05, 0) is 52.8 Å². The summed E-state index contributed by atoms with van der Waals surface area (Å²) in [6.07, 6.45) is 0.